The van der Waals surface area contributed by atoms with Gasteiger partial charge in [0.05, 0.1) is 6.10 Å². The predicted molar refractivity (Wildman–Crippen MR) is 51.8 cm³/mol. The van der Waals surface area contributed by atoms with Gasteiger partial charge in [-0.2, -0.15) is 0 Å². The zero-order valence-corrected chi connectivity index (χ0v) is 7.88. The van der Waals surface area contributed by atoms with Crippen LogP contribution in [0.2, 0.25) is 0 Å². The van der Waals surface area contributed by atoms with Crippen LogP contribution < -0.4 is 0 Å². The van der Waals surface area contributed by atoms with Crippen molar-refractivity contribution in [3.05, 3.63) is 35.9 Å². The SMILES string of the molecule is CC(O)C(C)c1ccccc1.OO. The lowest BCUT2D eigenvalue weighted by molar-refractivity contribution is -0.176. The lowest BCUT2D eigenvalue weighted by Gasteiger charge is -2.14. The van der Waals surface area contributed by atoms with Gasteiger partial charge in [-0.3, -0.25) is 10.5 Å². The lowest BCUT2D eigenvalue weighted by Crippen LogP contribution is -2.10. The van der Waals surface area contributed by atoms with Crippen LogP contribution in [0, 0.1) is 0 Å². The summed E-state index contributed by atoms with van der Waals surface area (Å²) in [6.07, 6.45) is -0.266. The number of aliphatic hydroxyl groups excluding tert-OH is 1. The molecule has 0 saturated heterocycles. The first-order valence-corrected chi connectivity index (χ1v) is 4.15. The highest BCUT2D eigenvalue weighted by atomic mass is 17.0. The minimum Gasteiger partial charge on any atom is -0.393 e. The van der Waals surface area contributed by atoms with E-state index in [0.29, 0.717) is 0 Å². The highest BCUT2D eigenvalue weighted by Gasteiger charge is 2.09. The number of benzene rings is 1. The Kier molecular flexibility index (Phi) is 6.14. The van der Waals surface area contributed by atoms with Gasteiger partial charge in [0.25, 0.3) is 0 Å². The molecule has 0 aliphatic rings. The Labute approximate surface area is 78.2 Å². The normalized spacial score (nSPS) is 13.9. The van der Waals surface area contributed by atoms with Gasteiger partial charge < -0.3 is 5.11 Å². The first-order chi connectivity index (χ1) is 6.22. The quantitative estimate of drug-likeness (QED) is 0.487. The Morgan fingerprint density at radius 2 is 1.46 bits per heavy atom. The fourth-order valence-corrected chi connectivity index (χ4v) is 1.04. The van der Waals surface area contributed by atoms with Gasteiger partial charge in [0.15, 0.2) is 0 Å². The molecular formula is C10H16O3. The first kappa shape index (κ1) is 12.1. The highest BCUT2D eigenvalue weighted by molar-refractivity contribution is 5.19. The van der Waals surface area contributed by atoms with Crippen LogP contribution >= 0.6 is 0 Å². The molecule has 13 heavy (non-hydrogen) atoms. The highest BCUT2D eigenvalue weighted by Crippen LogP contribution is 2.17. The zero-order chi connectivity index (χ0) is 10.3. The molecule has 1 aromatic rings. The van der Waals surface area contributed by atoms with Gasteiger partial charge in [0.1, 0.15) is 0 Å². The average Bonchev–Trinajstić information content (AvgIpc) is 2.21. The predicted octanol–water partition coefficient (Wildman–Crippen LogP) is 2.19. The fourth-order valence-electron chi connectivity index (χ4n) is 1.04. The summed E-state index contributed by atoms with van der Waals surface area (Å²) in [6, 6.07) is 10.1. The summed E-state index contributed by atoms with van der Waals surface area (Å²) in [4.78, 5) is 0. The maximum absolute atomic E-state index is 9.27. The number of rotatable bonds is 2. The van der Waals surface area contributed by atoms with E-state index in [1.54, 1.807) is 0 Å². The van der Waals surface area contributed by atoms with Crippen molar-refractivity contribution in [2.75, 3.05) is 0 Å². The molecule has 1 rings (SSSR count). The van der Waals surface area contributed by atoms with Crippen molar-refractivity contribution < 1.29 is 15.6 Å². The summed E-state index contributed by atoms with van der Waals surface area (Å²) < 4.78 is 0. The summed E-state index contributed by atoms with van der Waals surface area (Å²) in [5.41, 5.74) is 1.20. The average molecular weight is 184 g/mol. The smallest absolute Gasteiger partial charge is 0.0577 e. The zero-order valence-electron chi connectivity index (χ0n) is 7.88. The van der Waals surface area contributed by atoms with E-state index in [2.05, 4.69) is 0 Å². The van der Waals surface area contributed by atoms with E-state index in [9.17, 15) is 5.11 Å². The molecule has 1 aromatic carbocycles. The van der Waals surface area contributed by atoms with Crippen LogP contribution in [0.5, 0.6) is 0 Å². The molecule has 3 nitrogen and oxygen atoms in total. The van der Waals surface area contributed by atoms with Crippen molar-refractivity contribution in [1.29, 1.82) is 0 Å². The Morgan fingerprint density at radius 1 is 1.00 bits per heavy atom. The van der Waals surface area contributed by atoms with Crippen LogP contribution in [0.15, 0.2) is 30.3 Å². The first-order valence-electron chi connectivity index (χ1n) is 4.15. The summed E-state index contributed by atoms with van der Waals surface area (Å²) >= 11 is 0. The van der Waals surface area contributed by atoms with E-state index in [-0.39, 0.29) is 12.0 Å². The molecule has 3 heteroatoms. The molecule has 0 saturated carbocycles. The molecule has 0 amide bonds. The van der Waals surface area contributed by atoms with Crippen molar-refractivity contribution in [1.82, 2.24) is 0 Å². The minimum absolute atomic E-state index is 0.233. The number of hydrogen-bond acceptors (Lipinski definition) is 3. The van der Waals surface area contributed by atoms with Gasteiger partial charge in [0, 0.05) is 5.92 Å². The molecule has 2 unspecified atom stereocenters. The number of aliphatic hydroxyl groups is 1. The van der Waals surface area contributed by atoms with Crippen LogP contribution in [0.4, 0.5) is 0 Å². The molecule has 3 N–H and O–H groups in total. The standard InChI is InChI=1S/C10H14O.H2O2/c1-8(9(2)11)10-6-4-3-5-7-10;1-2/h3-9,11H,1-2H3;1-2H. The molecule has 0 heterocycles. The van der Waals surface area contributed by atoms with Crippen LogP contribution in [0.3, 0.4) is 0 Å². The summed E-state index contributed by atoms with van der Waals surface area (Å²) in [6.45, 7) is 3.84. The molecular weight excluding hydrogens is 168 g/mol. The molecule has 0 fully saturated rings. The van der Waals surface area contributed by atoms with Crippen molar-refractivity contribution in [2.45, 2.75) is 25.9 Å². The second-order valence-electron chi connectivity index (χ2n) is 2.94. The largest absolute Gasteiger partial charge is 0.393 e. The maximum Gasteiger partial charge on any atom is 0.0577 e. The summed E-state index contributed by atoms with van der Waals surface area (Å²) in [7, 11) is 0. The van der Waals surface area contributed by atoms with E-state index in [4.69, 9.17) is 10.5 Å². The summed E-state index contributed by atoms with van der Waals surface area (Å²) in [5, 5.41) is 21.3. The monoisotopic (exact) mass is 184 g/mol. The van der Waals surface area contributed by atoms with Gasteiger partial charge >= 0.3 is 0 Å². The van der Waals surface area contributed by atoms with Gasteiger partial charge in [-0.15, -0.1) is 0 Å². The van der Waals surface area contributed by atoms with Crippen molar-refractivity contribution in [2.24, 2.45) is 0 Å². The van der Waals surface area contributed by atoms with Crippen LogP contribution in [0.1, 0.15) is 25.3 Å². The van der Waals surface area contributed by atoms with Gasteiger partial charge in [-0.1, -0.05) is 37.3 Å². The van der Waals surface area contributed by atoms with Gasteiger partial charge in [-0.05, 0) is 12.5 Å². The molecule has 74 valence electrons. The van der Waals surface area contributed by atoms with Gasteiger partial charge in [-0.25, -0.2) is 0 Å². The van der Waals surface area contributed by atoms with Crippen LogP contribution in [-0.2, 0) is 0 Å². The van der Waals surface area contributed by atoms with Crippen molar-refractivity contribution >= 4 is 0 Å². The Morgan fingerprint density at radius 3 is 1.85 bits per heavy atom. The van der Waals surface area contributed by atoms with E-state index < -0.39 is 0 Å². The Bertz CT molecular complexity index is 209. The third-order valence-corrected chi connectivity index (χ3v) is 2.05. The molecule has 2 atom stereocenters. The third-order valence-electron chi connectivity index (χ3n) is 2.05. The lowest BCUT2D eigenvalue weighted by atomic mass is 9.97. The molecule has 0 aliphatic carbocycles. The van der Waals surface area contributed by atoms with Crippen molar-refractivity contribution in [3.8, 4) is 0 Å². The topological polar surface area (TPSA) is 60.7 Å². The fraction of sp³-hybridized carbons (Fsp3) is 0.400. The van der Waals surface area contributed by atoms with E-state index in [1.807, 2.05) is 44.2 Å². The van der Waals surface area contributed by atoms with Gasteiger partial charge in [0.2, 0.25) is 0 Å². The molecule has 0 aromatic heterocycles. The molecule has 0 aliphatic heterocycles. The third kappa shape index (κ3) is 4.03. The van der Waals surface area contributed by atoms with Crippen LogP contribution in [-0.4, -0.2) is 21.7 Å². The Hall–Kier alpha value is -0.900. The molecule has 0 bridgehead atoms. The molecule has 0 radical (unpaired) electrons. The maximum atomic E-state index is 9.27. The van der Waals surface area contributed by atoms with E-state index in [0.717, 1.165) is 0 Å². The minimum atomic E-state index is -0.266. The summed E-state index contributed by atoms with van der Waals surface area (Å²) in [5.74, 6) is 0.233. The second-order valence-corrected chi connectivity index (χ2v) is 2.94. The number of hydrogen-bond donors (Lipinski definition) is 3. The van der Waals surface area contributed by atoms with Crippen LogP contribution in [0.25, 0.3) is 0 Å². The van der Waals surface area contributed by atoms with E-state index in [1.165, 1.54) is 5.56 Å². The second kappa shape index (κ2) is 6.60. The molecule has 0 spiro atoms. The Balaban J connectivity index is 0.000000671. The van der Waals surface area contributed by atoms with E-state index >= 15 is 0 Å². The van der Waals surface area contributed by atoms with Crippen molar-refractivity contribution in [3.63, 3.8) is 0 Å².